The number of carbonyl (C=O) groups is 2. The van der Waals surface area contributed by atoms with Gasteiger partial charge in [-0.25, -0.2) is 0 Å². The molecule has 0 fully saturated rings. The van der Waals surface area contributed by atoms with Gasteiger partial charge in [0.15, 0.2) is 0 Å². The minimum absolute atomic E-state index is 0.142. The third-order valence-electron chi connectivity index (χ3n) is 2.02. The lowest BCUT2D eigenvalue weighted by Crippen LogP contribution is -2.24. The second kappa shape index (κ2) is 6.33. The molecule has 0 heterocycles. The molecule has 1 aromatic rings. The average molecular weight is 230 g/mol. The molecule has 2 amide bonds. The maximum Gasteiger partial charge on any atom is 0.251 e. The first-order chi connectivity index (χ1) is 8.13. The molecule has 0 unspecified atom stereocenters. The second-order valence-corrected chi connectivity index (χ2v) is 3.47. The van der Waals surface area contributed by atoms with Crippen LogP contribution in [0.2, 0.25) is 0 Å². The van der Waals surface area contributed by atoms with Crippen LogP contribution in [0.4, 0.5) is 5.69 Å². The standard InChI is InChI=1S/C13H14N2O2/c1-3-4-9-14-13(17)11-5-7-12(8-6-11)15-10(2)16/h1,5-8H,4,9H2,2H3,(H,14,17)(H,15,16). The SMILES string of the molecule is C#CCCNC(=O)c1ccc(NC(C)=O)cc1. The van der Waals surface area contributed by atoms with Crippen LogP contribution in [-0.4, -0.2) is 18.4 Å². The van der Waals surface area contributed by atoms with E-state index in [4.69, 9.17) is 6.42 Å². The Morgan fingerprint density at radius 2 is 1.94 bits per heavy atom. The van der Waals surface area contributed by atoms with Gasteiger partial charge in [-0.2, -0.15) is 0 Å². The van der Waals surface area contributed by atoms with E-state index in [1.54, 1.807) is 24.3 Å². The van der Waals surface area contributed by atoms with Crippen LogP contribution in [0.15, 0.2) is 24.3 Å². The van der Waals surface area contributed by atoms with Gasteiger partial charge < -0.3 is 10.6 Å². The normalized spacial score (nSPS) is 9.18. The van der Waals surface area contributed by atoms with Crippen molar-refractivity contribution in [1.29, 1.82) is 0 Å². The first-order valence-corrected chi connectivity index (χ1v) is 5.23. The van der Waals surface area contributed by atoms with Gasteiger partial charge in [0, 0.05) is 31.1 Å². The Morgan fingerprint density at radius 3 is 2.47 bits per heavy atom. The molecule has 0 aliphatic carbocycles. The molecule has 17 heavy (non-hydrogen) atoms. The van der Waals surface area contributed by atoms with Gasteiger partial charge in [-0.15, -0.1) is 12.3 Å². The summed E-state index contributed by atoms with van der Waals surface area (Å²) in [6.45, 7) is 1.89. The van der Waals surface area contributed by atoms with Gasteiger partial charge in [0.05, 0.1) is 0 Å². The molecular formula is C13H14N2O2. The van der Waals surface area contributed by atoms with Gasteiger partial charge in [-0.3, -0.25) is 9.59 Å². The van der Waals surface area contributed by atoms with E-state index in [1.807, 2.05) is 0 Å². The van der Waals surface area contributed by atoms with Crippen LogP contribution < -0.4 is 10.6 Å². The minimum Gasteiger partial charge on any atom is -0.351 e. The first-order valence-electron chi connectivity index (χ1n) is 5.23. The fourth-order valence-corrected chi connectivity index (χ4v) is 1.26. The third kappa shape index (κ3) is 4.39. The zero-order chi connectivity index (χ0) is 12.7. The number of nitrogens with one attached hydrogen (secondary N) is 2. The number of hydrogen-bond acceptors (Lipinski definition) is 2. The summed E-state index contributed by atoms with van der Waals surface area (Å²) in [5.41, 5.74) is 1.20. The molecule has 0 radical (unpaired) electrons. The lowest BCUT2D eigenvalue weighted by Gasteiger charge is -2.05. The van der Waals surface area contributed by atoms with E-state index in [1.165, 1.54) is 6.92 Å². The molecule has 0 bridgehead atoms. The summed E-state index contributed by atoms with van der Waals surface area (Å²) in [5.74, 6) is 2.13. The maximum absolute atomic E-state index is 11.6. The van der Waals surface area contributed by atoms with Gasteiger partial charge in [-0.05, 0) is 24.3 Å². The van der Waals surface area contributed by atoms with E-state index in [2.05, 4.69) is 16.6 Å². The van der Waals surface area contributed by atoms with Crippen molar-refractivity contribution in [2.24, 2.45) is 0 Å². The van der Waals surface area contributed by atoms with Crippen LogP contribution >= 0.6 is 0 Å². The average Bonchev–Trinajstić information content (AvgIpc) is 2.29. The third-order valence-corrected chi connectivity index (χ3v) is 2.02. The van der Waals surface area contributed by atoms with Crippen LogP contribution in [0.25, 0.3) is 0 Å². The highest BCUT2D eigenvalue weighted by atomic mass is 16.2. The first kappa shape index (κ1) is 12.8. The molecule has 0 saturated heterocycles. The summed E-state index contributed by atoms with van der Waals surface area (Å²) in [4.78, 5) is 22.4. The number of amides is 2. The number of benzene rings is 1. The van der Waals surface area contributed by atoms with E-state index < -0.39 is 0 Å². The molecule has 0 saturated carbocycles. The summed E-state index contributed by atoms with van der Waals surface area (Å²) in [7, 11) is 0. The van der Waals surface area contributed by atoms with Crippen molar-refractivity contribution in [2.45, 2.75) is 13.3 Å². The molecule has 4 heteroatoms. The van der Waals surface area contributed by atoms with Crippen molar-refractivity contribution in [3.8, 4) is 12.3 Å². The van der Waals surface area contributed by atoms with Crippen LogP contribution in [0, 0.1) is 12.3 Å². The Morgan fingerprint density at radius 1 is 1.29 bits per heavy atom. The Balaban J connectivity index is 2.58. The van der Waals surface area contributed by atoms with Crippen molar-refractivity contribution in [3.63, 3.8) is 0 Å². The largest absolute Gasteiger partial charge is 0.351 e. The molecule has 1 aromatic carbocycles. The summed E-state index contributed by atoms with van der Waals surface area (Å²) in [5, 5.41) is 5.32. The van der Waals surface area contributed by atoms with Crippen molar-refractivity contribution >= 4 is 17.5 Å². The van der Waals surface area contributed by atoms with E-state index in [9.17, 15) is 9.59 Å². The van der Waals surface area contributed by atoms with Gasteiger partial charge in [0.2, 0.25) is 5.91 Å². The van der Waals surface area contributed by atoms with Crippen molar-refractivity contribution in [2.75, 3.05) is 11.9 Å². The topological polar surface area (TPSA) is 58.2 Å². The number of hydrogen-bond donors (Lipinski definition) is 2. The molecule has 4 nitrogen and oxygen atoms in total. The number of carbonyl (C=O) groups excluding carboxylic acids is 2. The molecule has 1 rings (SSSR count). The molecule has 0 aliphatic heterocycles. The van der Waals surface area contributed by atoms with Crippen LogP contribution in [0.5, 0.6) is 0 Å². The Bertz CT molecular complexity index is 443. The smallest absolute Gasteiger partial charge is 0.251 e. The summed E-state index contributed by atoms with van der Waals surface area (Å²) in [6.07, 6.45) is 5.59. The van der Waals surface area contributed by atoms with Gasteiger partial charge in [0.25, 0.3) is 5.91 Å². The zero-order valence-electron chi connectivity index (χ0n) is 9.62. The van der Waals surface area contributed by atoms with E-state index in [-0.39, 0.29) is 11.8 Å². The lowest BCUT2D eigenvalue weighted by atomic mass is 10.2. The Kier molecular flexibility index (Phi) is 4.77. The van der Waals surface area contributed by atoms with Crippen molar-refractivity contribution in [3.05, 3.63) is 29.8 Å². The van der Waals surface area contributed by atoms with Crippen molar-refractivity contribution in [1.82, 2.24) is 5.32 Å². The van der Waals surface area contributed by atoms with Gasteiger partial charge in [0.1, 0.15) is 0 Å². The van der Waals surface area contributed by atoms with Crippen molar-refractivity contribution < 1.29 is 9.59 Å². The van der Waals surface area contributed by atoms with Gasteiger partial charge in [-0.1, -0.05) is 0 Å². The Labute approximate surface area is 100 Å². The second-order valence-electron chi connectivity index (χ2n) is 3.47. The monoisotopic (exact) mass is 230 g/mol. The summed E-state index contributed by atoms with van der Waals surface area (Å²) < 4.78 is 0. The lowest BCUT2D eigenvalue weighted by molar-refractivity contribution is -0.114. The molecule has 0 atom stereocenters. The fraction of sp³-hybridized carbons (Fsp3) is 0.231. The maximum atomic E-state index is 11.6. The highest BCUT2D eigenvalue weighted by Gasteiger charge is 2.04. The molecule has 88 valence electrons. The fourth-order valence-electron chi connectivity index (χ4n) is 1.26. The molecule has 0 spiro atoms. The summed E-state index contributed by atoms with van der Waals surface area (Å²) in [6, 6.07) is 6.65. The van der Waals surface area contributed by atoms with E-state index in [0.29, 0.717) is 24.2 Å². The van der Waals surface area contributed by atoms with Crippen LogP contribution in [0.1, 0.15) is 23.7 Å². The number of anilines is 1. The summed E-state index contributed by atoms with van der Waals surface area (Å²) >= 11 is 0. The molecule has 2 N–H and O–H groups in total. The van der Waals surface area contributed by atoms with E-state index in [0.717, 1.165) is 0 Å². The highest BCUT2D eigenvalue weighted by molar-refractivity contribution is 5.95. The number of terminal acetylenes is 1. The Hall–Kier alpha value is -2.28. The zero-order valence-corrected chi connectivity index (χ0v) is 9.62. The van der Waals surface area contributed by atoms with Crippen LogP contribution in [-0.2, 0) is 4.79 Å². The van der Waals surface area contributed by atoms with Gasteiger partial charge >= 0.3 is 0 Å². The highest BCUT2D eigenvalue weighted by Crippen LogP contribution is 2.09. The molecular weight excluding hydrogens is 216 g/mol. The minimum atomic E-state index is -0.172. The predicted molar refractivity (Wildman–Crippen MR) is 66.5 cm³/mol. The molecule has 0 aliphatic rings. The molecule has 0 aromatic heterocycles. The van der Waals surface area contributed by atoms with E-state index >= 15 is 0 Å². The van der Waals surface area contributed by atoms with Crippen LogP contribution in [0.3, 0.4) is 0 Å². The quantitative estimate of drug-likeness (QED) is 0.606. The predicted octanol–water partition coefficient (Wildman–Crippen LogP) is 1.40. The number of rotatable bonds is 4.